The molecule has 0 bridgehead atoms. The quantitative estimate of drug-likeness (QED) is 0.668. The maximum Gasteiger partial charge on any atom is 0.317 e. The molecule has 3 nitrogen and oxygen atoms in total. The molecule has 0 unspecified atom stereocenters. The molecule has 0 aliphatic rings. The number of hydrogen-bond acceptors (Lipinski definition) is 2. The van der Waals surface area contributed by atoms with Crippen LogP contribution in [0.25, 0.3) is 0 Å². The van der Waals surface area contributed by atoms with E-state index in [1.165, 1.54) is 5.54 Å². The molecule has 0 aromatic carbocycles. The Morgan fingerprint density at radius 1 is 1.62 bits per heavy atom. The summed E-state index contributed by atoms with van der Waals surface area (Å²) in [6.07, 6.45) is 1.67. The summed E-state index contributed by atoms with van der Waals surface area (Å²) in [5.74, 6) is -0.843. The van der Waals surface area contributed by atoms with E-state index in [0.29, 0.717) is 13.1 Å². The van der Waals surface area contributed by atoms with Crippen LogP contribution >= 0.6 is 11.6 Å². The Kier molecular flexibility index (Phi) is 6.28. The van der Waals surface area contributed by atoms with Gasteiger partial charge in [0.1, 0.15) is 0 Å². The largest absolute Gasteiger partial charge is 0.480 e. The first kappa shape index (κ1) is 12.2. The van der Waals surface area contributed by atoms with Gasteiger partial charge < -0.3 is 5.11 Å². The summed E-state index contributed by atoms with van der Waals surface area (Å²) in [6.45, 7) is 6.52. The second-order valence-corrected chi connectivity index (χ2v) is 3.03. The number of halogens is 1. The number of nitrogens with zero attached hydrogens (tertiary/aromatic N) is 1. The molecule has 13 heavy (non-hydrogen) atoms. The van der Waals surface area contributed by atoms with Gasteiger partial charge in [0.25, 0.3) is 0 Å². The lowest BCUT2D eigenvalue weighted by atomic mass is 10.3. The van der Waals surface area contributed by atoms with Crippen LogP contribution in [0.3, 0.4) is 0 Å². The highest BCUT2D eigenvalue weighted by atomic mass is 35.5. The van der Waals surface area contributed by atoms with Crippen LogP contribution in [0.15, 0.2) is 23.8 Å². The standard InChI is InChI=1S/C9H14ClNO2/c1-3-4-11(7-9(12)13)6-8(2)5-10/h3,5H,1,4,6-7H2,2H3,(H,12,13)/b8-5-. The minimum Gasteiger partial charge on any atom is -0.480 e. The highest BCUT2D eigenvalue weighted by Crippen LogP contribution is 2.00. The summed E-state index contributed by atoms with van der Waals surface area (Å²) >= 11 is 5.47. The molecule has 74 valence electrons. The molecule has 0 spiro atoms. The van der Waals surface area contributed by atoms with Gasteiger partial charge in [-0.25, -0.2) is 0 Å². The summed E-state index contributed by atoms with van der Waals surface area (Å²) in [4.78, 5) is 12.2. The molecule has 0 heterocycles. The third kappa shape index (κ3) is 6.37. The maximum absolute atomic E-state index is 10.4. The Hall–Kier alpha value is -0.800. The number of aliphatic carboxylic acids is 1. The van der Waals surface area contributed by atoms with Gasteiger partial charge in [-0.3, -0.25) is 9.69 Å². The molecule has 0 aliphatic carbocycles. The highest BCUT2D eigenvalue weighted by Gasteiger charge is 2.07. The summed E-state index contributed by atoms with van der Waals surface area (Å²) in [6, 6.07) is 0. The van der Waals surface area contributed by atoms with Gasteiger partial charge >= 0.3 is 5.97 Å². The van der Waals surface area contributed by atoms with Gasteiger partial charge in [-0.15, -0.1) is 6.58 Å². The number of carbonyl (C=O) groups is 1. The van der Waals surface area contributed by atoms with E-state index >= 15 is 0 Å². The molecule has 0 atom stereocenters. The summed E-state index contributed by atoms with van der Waals surface area (Å²) < 4.78 is 0. The first-order chi connectivity index (χ1) is 6.10. The molecule has 0 rings (SSSR count). The molecule has 0 amide bonds. The topological polar surface area (TPSA) is 40.5 Å². The smallest absolute Gasteiger partial charge is 0.317 e. The van der Waals surface area contributed by atoms with Crippen LogP contribution in [0.4, 0.5) is 0 Å². The van der Waals surface area contributed by atoms with Crippen molar-refractivity contribution in [1.82, 2.24) is 4.90 Å². The van der Waals surface area contributed by atoms with Crippen LogP contribution in [0, 0.1) is 0 Å². The van der Waals surface area contributed by atoms with Crippen LogP contribution < -0.4 is 0 Å². The van der Waals surface area contributed by atoms with Gasteiger partial charge in [0.15, 0.2) is 0 Å². The number of carboxylic acid groups (broad SMARTS) is 1. The van der Waals surface area contributed by atoms with Crippen molar-refractivity contribution in [1.29, 1.82) is 0 Å². The molecule has 0 saturated carbocycles. The molecule has 0 fully saturated rings. The molecule has 1 N–H and O–H groups in total. The molecular formula is C9H14ClNO2. The fourth-order valence-corrected chi connectivity index (χ4v) is 1.02. The lowest BCUT2D eigenvalue weighted by molar-refractivity contribution is -0.138. The Balaban J connectivity index is 4.08. The van der Waals surface area contributed by atoms with Crippen molar-refractivity contribution in [2.45, 2.75) is 6.92 Å². The van der Waals surface area contributed by atoms with Gasteiger partial charge in [0.2, 0.25) is 0 Å². The third-order valence-corrected chi connectivity index (χ3v) is 1.78. The van der Waals surface area contributed by atoms with Gasteiger partial charge in [-0.1, -0.05) is 17.7 Å². The molecule has 0 saturated heterocycles. The monoisotopic (exact) mass is 203 g/mol. The third-order valence-electron chi connectivity index (χ3n) is 1.41. The van der Waals surface area contributed by atoms with Crippen molar-refractivity contribution in [3.8, 4) is 0 Å². The van der Waals surface area contributed by atoms with Crippen molar-refractivity contribution >= 4 is 17.6 Å². The van der Waals surface area contributed by atoms with Gasteiger partial charge in [0, 0.05) is 18.6 Å². The summed E-state index contributed by atoms with van der Waals surface area (Å²) in [5, 5.41) is 8.57. The van der Waals surface area contributed by atoms with Crippen molar-refractivity contribution in [2.75, 3.05) is 19.6 Å². The molecular weight excluding hydrogens is 190 g/mol. The SMILES string of the molecule is C=CCN(CC(=O)O)C/C(C)=C\Cl. The number of hydrogen-bond donors (Lipinski definition) is 1. The molecule has 0 aliphatic heterocycles. The summed E-state index contributed by atoms with van der Waals surface area (Å²) in [5.41, 5.74) is 2.39. The lowest BCUT2D eigenvalue weighted by Crippen LogP contribution is -2.31. The Labute approximate surface area is 83.3 Å². The molecule has 4 heteroatoms. The predicted molar refractivity (Wildman–Crippen MR) is 53.9 cm³/mol. The van der Waals surface area contributed by atoms with Gasteiger partial charge in [-0.2, -0.15) is 0 Å². The maximum atomic E-state index is 10.4. The van der Waals surface area contributed by atoms with E-state index < -0.39 is 5.97 Å². The van der Waals surface area contributed by atoms with Crippen LogP contribution in [0.5, 0.6) is 0 Å². The van der Waals surface area contributed by atoms with E-state index in [-0.39, 0.29) is 6.54 Å². The van der Waals surface area contributed by atoms with Crippen LogP contribution in [0.1, 0.15) is 6.92 Å². The lowest BCUT2D eigenvalue weighted by Gasteiger charge is -2.17. The van der Waals surface area contributed by atoms with Crippen molar-refractivity contribution in [3.05, 3.63) is 23.8 Å². The average molecular weight is 204 g/mol. The Bertz CT molecular complexity index is 214. The zero-order valence-electron chi connectivity index (χ0n) is 7.66. The summed E-state index contributed by atoms with van der Waals surface area (Å²) in [7, 11) is 0. The molecule has 0 aromatic heterocycles. The van der Waals surface area contributed by atoms with Crippen molar-refractivity contribution < 1.29 is 9.90 Å². The van der Waals surface area contributed by atoms with Gasteiger partial charge in [-0.05, 0) is 12.5 Å². The Morgan fingerprint density at radius 2 is 2.23 bits per heavy atom. The zero-order chi connectivity index (χ0) is 10.3. The van der Waals surface area contributed by atoms with E-state index in [1.807, 2.05) is 6.92 Å². The highest BCUT2D eigenvalue weighted by molar-refractivity contribution is 6.25. The van der Waals surface area contributed by atoms with Crippen molar-refractivity contribution in [2.24, 2.45) is 0 Å². The molecule has 0 radical (unpaired) electrons. The van der Waals surface area contributed by atoms with Gasteiger partial charge in [0.05, 0.1) is 6.54 Å². The fourth-order valence-electron chi connectivity index (χ4n) is 0.946. The van der Waals surface area contributed by atoms with E-state index in [9.17, 15) is 4.79 Å². The fraction of sp³-hybridized carbons (Fsp3) is 0.444. The van der Waals surface area contributed by atoms with Crippen LogP contribution in [0.2, 0.25) is 0 Å². The first-order valence-electron chi connectivity index (χ1n) is 3.91. The molecule has 0 aromatic rings. The van der Waals surface area contributed by atoms with Crippen LogP contribution in [-0.4, -0.2) is 35.6 Å². The van der Waals surface area contributed by atoms with E-state index in [0.717, 1.165) is 5.57 Å². The average Bonchev–Trinajstić information content (AvgIpc) is 2.03. The van der Waals surface area contributed by atoms with E-state index in [1.54, 1.807) is 11.0 Å². The minimum atomic E-state index is -0.843. The van der Waals surface area contributed by atoms with Crippen LogP contribution in [-0.2, 0) is 4.79 Å². The normalized spacial score (nSPS) is 11.8. The minimum absolute atomic E-state index is 0.00802. The number of carboxylic acids is 1. The Morgan fingerprint density at radius 3 is 2.62 bits per heavy atom. The van der Waals surface area contributed by atoms with Crippen molar-refractivity contribution in [3.63, 3.8) is 0 Å². The second kappa shape index (κ2) is 6.69. The predicted octanol–water partition coefficient (Wildman–Crippen LogP) is 1.70. The first-order valence-corrected chi connectivity index (χ1v) is 4.34. The second-order valence-electron chi connectivity index (χ2n) is 2.81. The zero-order valence-corrected chi connectivity index (χ0v) is 8.42. The number of rotatable bonds is 6. The van der Waals surface area contributed by atoms with E-state index in [4.69, 9.17) is 16.7 Å². The van der Waals surface area contributed by atoms with E-state index in [2.05, 4.69) is 6.58 Å².